The number of nitrogens with two attached hydrogens (primary N) is 1. The molecule has 5 rings (SSSR count). The van der Waals surface area contributed by atoms with Gasteiger partial charge in [-0.1, -0.05) is 24.1 Å². The van der Waals surface area contributed by atoms with Crippen molar-refractivity contribution >= 4 is 12.1 Å². The number of aromatic nitrogens is 1. The molecule has 1 fully saturated rings. The Kier molecular flexibility index (Phi) is 6.44. The number of carbonyl (C=O) groups excluding carboxylic acids is 1. The average molecular weight is 490 g/mol. The molecule has 36 heavy (non-hydrogen) atoms. The Hall–Kier alpha value is -4.16. The fraction of sp³-hybridized carbons (Fsp3) is 0.259. The number of aldehydes is 1. The predicted octanol–water partition coefficient (Wildman–Crippen LogP) is 3.96. The molecule has 0 bridgehead atoms. The molecule has 0 amide bonds. The first-order valence-electron chi connectivity index (χ1n) is 11.6. The highest BCUT2D eigenvalue weighted by atomic mass is 19.1. The SMILES string of the molecule is CC#CCN1CCC(n2cc(-c3ccc(Oc4c(F)cccc4F)cc3)c3c2[C@H](C=O)NN=C3N)C1. The van der Waals surface area contributed by atoms with Gasteiger partial charge in [0.25, 0.3) is 0 Å². The molecule has 0 radical (unpaired) electrons. The number of hydrogen-bond acceptors (Lipinski definition) is 6. The topological polar surface area (TPSA) is 84.9 Å². The van der Waals surface area contributed by atoms with Crippen molar-refractivity contribution in [2.45, 2.75) is 25.4 Å². The molecule has 0 spiro atoms. The van der Waals surface area contributed by atoms with Crippen molar-refractivity contribution in [3.63, 3.8) is 0 Å². The lowest BCUT2D eigenvalue weighted by Crippen LogP contribution is -2.33. The summed E-state index contributed by atoms with van der Waals surface area (Å²) in [4.78, 5) is 14.2. The highest BCUT2D eigenvalue weighted by Gasteiger charge is 2.34. The second-order valence-electron chi connectivity index (χ2n) is 8.73. The van der Waals surface area contributed by atoms with Gasteiger partial charge in [0.2, 0.25) is 0 Å². The summed E-state index contributed by atoms with van der Waals surface area (Å²) in [7, 11) is 0. The summed E-state index contributed by atoms with van der Waals surface area (Å²) in [6, 6.07) is 9.93. The Bertz CT molecular complexity index is 1370. The number of hydrogen-bond donors (Lipinski definition) is 2. The van der Waals surface area contributed by atoms with Crippen LogP contribution in [0.2, 0.25) is 0 Å². The van der Waals surface area contributed by atoms with Crippen molar-refractivity contribution in [1.29, 1.82) is 0 Å². The highest BCUT2D eigenvalue weighted by molar-refractivity contribution is 6.06. The molecule has 184 valence electrons. The van der Waals surface area contributed by atoms with E-state index >= 15 is 0 Å². The van der Waals surface area contributed by atoms with Crippen LogP contribution in [0.4, 0.5) is 8.78 Å². The van der Waals surface area contributed by atoms with E-state index in [1.54, 1.807) is 24.3 Å². The third kappa shape index (κ3) is 4.32. The summed E-state index contributed by atoms with van der Waals surface area (Å²) >= 11 is 0. The Morgan fingerprint density at radius 2 is 1.97 bits per heavy atom. The van der Waals surface area contributed by atoms with Gasteiger partial charge in [0, 0.05) is 36.5 Å². The molecule has 1 saturated heterocycles. The highest BCUT2D eigenvalue weighted by Crippen LogP contribution is 2.38. The second kappa shape index (κ2) is 9.84. The van der Waals surface area contributed by atoms with Gasteiger partial charge in [-0.15, -0.1) is 5.92 Å². The van der Waals surface area contributed by atoms with Gasteiger partial charge in [-0.05, 0) is 43.2 Å². The van der Waals surface area contributed by atoms with Crippen LogP contribution in [0.15, 0.2) is 53.8 Å². The van der Waals surface area contributed by atoms with Crippen molar-refractivity contribution in [2.24, 2.45) is 10.8 Å². The molecule has 2 atom stereocenters. The molecular formula is C27H25F2N5O2. The zero-order valence-corrected chi connectivity index (χ0v) is 19.7. The number of fused-ring (bicyclic) bond motifs is 1. The first-order valence-corrected chi connectivity index (χ1v) is 11.6. The van der Waals surface area contributed by atoms with E-state index in [4.69, 9.17) is 10.5 Å². The quantitative estimate of drug-likeness (QED) is 0.405. The van der Waals surface area contributed by atoms with Crippen molar-refractivity contribution in [3.05, 3.63) is 71.6 Å². The average Bonchev–Trinajstić information content (AvgIpc) is 3.51. The molecule has 1 aromatic heterocycles. The molecule has 2 aliphatic rings. The van der Waals surface area contributed by atoms with Crippen molar-refractivity contribution in [1.82, 2.24) is 14.9 Å². The molecule has 9 heteroatoms. The van der Waals surface area contributed by atoms with Gasteiger partial charge in [0.1, 0.15) is 18.1 Å². The first-order chi connectivity index (χ1) is 17.5. The molecule has 1 unspecified atom stereocenters. The van der Waals surface area contributed by atoms with Crippen LogP contribution in [-0.4, -0.2) is 41.2 Å². The van der Waals surface area contributed by atoms with Crippen LogP contribution in [0.1, 0.15) is 36.7 Å². The standard InChI is InChI=1S/C27H25F2N5O2/c1-2-3-12-33-13-11-18(14-33)34-15-20(24-25(34)23(16-35)31-32-27(24)30)17-7-9-19(10-8-17)36-26-21(28)5-4-6-22(26)29/h4-10,15-16,18,23,31H,11-14H2,1H3,(H2,30,32)/t18?,23-/m0/s1. The largest absolute Gasteiger partial charge is 0.451 e. The molecule has 2 aromatic carbocycles. The number of nitrogens with one attached hydrogen (secondary N) is 1. The summed E-state index contributed by atoms with van der Waals surface area (Å²) < 4.78 is 35.6. The molecule has 7 nitrogen and oxygen atoms in total. The molecule has 3 heterocycles. The summed E-state index contributed by atoms with van der Waals surface area (Å²) in [5.41, 5.74) is 12.2. The smallest absolute Gasteiger partial charge is 0.198 e. The first kappa shape index (κ1) is 23.6. The summed E-state index contributed by atoms with van der Waals surface area (Å²) in [6.45, 7) is 4.24. The number of rotatable bonds is 6. The van der Waals surface area contributed by atoms with Gasteiger partial charge in [-0.3, -0.25) is 10.3 Å². The maximum Gasteiger partial charge on any atom is 0.198 e. The lowest BCUT2D eigenvalue weighted by molar-refractivity contribution is -0.109. The van der Waals surface area contributed by atoms with Crippen molar-refractivity contribution in [2.75, 3.05) is 19.6 Å². The molecule has 3 aromatic rings. The molecule has 0 saturated carbocycles. The number of carbonyl (C=O) groups is 1. The van der Waals surface area contributed by atoms with E-state index in [-0.39, 0.29) is 17.6 Å². The number of halogens is 2. The van der Waals surface area contributed by atoms with Crippen LogP contribution < -0.4 is 15.9 Å². The Morgan fingerprint density at radius 3 is 2.67 bits per heavy atom. The maximum absolute atomic E-state index is 14.0. The number of benzene rings is 2. The maximum atomic E-state index is 14.0. The third-order valence-corrected chi connectivity index (χ3v) is 6.51. The van der Waals surface area contributed by atoms with E-state index in [9.17, 15) is 13.6 Å². The fourth-order valence-corrected chi connectivity index (χ4v) is 4.77. The van der Waals surface area contributed by atoms with E-state index in [0.717, 1.165) is 54.8 Å². The normalized spacial score (nSPS) is 19.0. The number of likely N-dealkylation sites (tertiary alicyclic amines) is 1. The van der Waals surface area contributed by atoms with Gasteiger partial charge < -0.3 is 19.8 Å². The van der Waals surface area contributed by atoms with Crippen LogP contribution in [0.5, 0.6) is 11.5 Å². The third-order valence-electron chi connectivity index (χ3n) is 6.51. The number of ether oxygens (including phenoxy) is 1. The van der Waals surface area contributed by atoms with Gasteiger partial charge >= 0.3 is 0 Å². The Labute approximate surface area is 207 Å². The number of para-hydroxylation sites is 1. The molecule has 2 aliphatic heterocycles. The minimum atomic E-state index is -0.780. The molecule has 0 aliphatic carbocycles. The van der Waals surface area contributed by atoms with Crippen LogP contribution in [-0.2, 0) is 4.79 Å². The predicted molar refractivity (Wildman–Crippen MR) is 133 cm³/mol. The van der Waals surface area contributed by atoms with E-state index in [1.165, 1.54) is 6.07 Å². The van der Waals surface area contributed by atoms with Crippen LogP contribution >= 0.6 is 0 Å². The van der Waals surface area contributed by atoms with Crippen molar-refractivity contribution in [3.8, 4) is 34.5 Å². The summed E-state index contributed by atoms with van der Waals surface area (Å²) in [6.07, 6.45) is 3.74. The zero-order chi connectivity index (χ0) is 25.2. The minimum Gasteiger partial charge on any atom is -0.451 e. The minimum absolute atomic E-state index is 0.146. The van der Waals surface area contributed by atoms with Crippen LogP contribution in [0.25, 0.3) is 11.1 Å². The molecular weight excluding hydrogens is 464 g/mol. The van der Waals surface area contributed by atoms with E-state index < -0.39 is 23.4 Å². The Morgan fingerprint density at radius 1 is 1.22 bits per heavy atom. The lowest BCUT2D eigenvalue weighted by Gasteiger charge is -2.24. The van der Waals surface area contributed by atoms with Gasteiger partial charge in [-0.25, -0.2) is 8.78 Å². The van der Waals surface area contributed by atoms with Gasteiger partial charge in [-0.2, -0.15) is 5.10 Å². The van der Waals surface area contributed by atoms with E-state index in [1.807, 2.05) is 13.1 Å². The number of amidine groups is 1. The number of hydrazone groups is 1. The molecule has 3 N–H and O–H groups in total. The van der Waals surface area contributed by atoms with E-state index in [2.05, 4.69) is 31.8 Å². The van der Waals surface area contributed by atoms with Crippen molar-refractivity contribution < 1.29 is 18.3 Å². The van der Waals surface area contributed by atoms with Gasteiger partial charge in [0.15, 0.2) is 23.2 Å². The Balaban J connectivity index is 1.50. The van der Waals surface area contributed by atoms with Gasteiger partial charge in [0.05, 0.1) is 12.2 Å². The van der Waals surface area contributed by atoms with Crippen LogP contribution in [0.3, 0.4) is 0 Å². The lowest BCUT2D eigenvalue weighted by atomic mass is 9.99. The monoisotopic (exact) mass is 489 g/mol. The summed E-state index contributed by atoms with van der Waals surface area (Å²) in [5, 5.41) is 4.16. The summed E-state index contributed by atoms with van der Waals surface area (Å²) in [5.74, 6) is 4.61. The second-order valence-corrected chi connectivity index (χ2v) is 8.73. The van der Waals surface area contributed by atoms with Crippen LogP contribution in [0, 0.1) is 23.5 Å². The fourth-order valence-electron chi connectivity index (χ4n) is 4.77. The number of nitrogens with zero attached hydrogens (tertiary/aromatic N) is 3. The zero-order valence-electron chi connectivity index (χ0n) is 19.7. The van der Waals surface area contributed by atoms with E-state index in [0.29, 0.717) is 12.1 Å².